The number of hydrogen-bond donors (Lipinski definition) is 0. The van der Waals surface area contributed by atoms with E-state index >= 15 is 0 Å². The third kappa shape index (κ3) is 4.81. The number of hydrogen-bond acceptors (Lipinski definition) is 2. The Balaban J connectivity index is 1.47. The van der Waals surface area contributed by atoms with Gasteiger partial charge in [0.2, 0.25) is 0 Å². The third-order valence-corrected chi connectivity index (χ3v) is 10.4. The maximum atomic E-state index is 2.60. The van der Waals surface area contributed by atoms with Gasteiger partial charge in [0, 0.05) is 37.6 Å². The minimum atomic E-state index is 1.15. The van der Waals surface area contributed by atoms with Crippen molar-refractivity contribution in [2.45, 2.75) is 52.4 Å². The van der Waals surface area contributed by atoms with Crippen LogP contribution in [0.3, 0.4) is 0 Å². The summed E-state index contributed by atoms with van der Waals surface area (Å²) in [7, 11) is 0. The van der Waals surface area contributed by atoms with E-state index in [9.17, 15) is 0 Å². The molecular weight excluding hydrogens is 532 g/mol. The molecule has 0 aliphatic carbocycles. The Morgan fingerprint density at radius 1 is 0.409 bits per heavy atom. The van der Waals surface area contributed by atoms with Gasteiger partial charge in [0.25, 0.3) is 0 Å². The van der Waals surface area contributed by atoms with Crippen molar-refractivity contribution < 1.29 is 0 Å². The fourth-order valence-corrected chi connectivity index (χ4v) is 7.77. The number of aryl methyl sites for hydroxylation is 2. The number of fused-ring (bicyclic) bond motifs is 3. The first-order valence-electron chi connectivity index (χ1n) is 16.7. The minimum absolute atomic E-state index is 1.15. The van der Waals surface area contributed by atoms with Crippen molar-refractivity contribution in [1.82, 2.24) is 0 Å². The quantitative estimate of drug-likeness (QED) is 0.193. The molecular formula is C42H42N2. The second-order valence-corrected chi connectivity index (χ2v) is 13.2. The van der Waals surface area contributed by atoms with Gasteiger partial charge in [-0.2, -0.15) is 0 Å². The summed E-state index contributed by atoms with van der Waals surface area (Å²) in [5.74, 6) is 0. The Labute approximate surface area is 261 Å². The topological polar surface area (TPSA) is 6.48 Å². The monoisotopic (exact) mass is 574 g/mol. The number of nitrogens with zero attached hydrogens (tertiary/aromatic N) is 2. The molecule has 6 aromatic rings. The van der Waals surface area contributed by atoms with E-state index in [4.69, 9.17) is 0 Å². The molecule has 2 saturated heterocycles. The van der Waals surface area contributed by atoms with E-state index in [-0.39, 0.29) is 0 Å². The Morgan fingerprint density at radius 2 is 0.932 bits per heavy atom. The van der Waals surface area contributed by atoms with Crippen LogP contribution >= 0.6 is 0 Å². The molecule has 2 nitrogen and oxygen atoms in total. The van der Waals surface area contributed by atoms with Crippen LogP contribution in [0.25, 0.3) is 54.6 Å². The van der Waals surface area contributed by atoms with Crippen LogP contribution in [0.5, 0.6) is 0 Å². The standard InChI is InChI=1S/C42H42N2/c1-29-13-14-33(25-30(29)2)41-37-19-17-36(44-23-9-4-10-24-44)28-40(37)42(34-16-15-31-11-5-6-12-32(31)26-34)38-20-18-35(27-39(38)41)43-21-7-3-8-22-43/h5-6,11-20,25-28H,3-4,7-10,21-24H2,1-2H3. The zero-order valence-electron chi connectivity index (χ0n) is 26.2. The number of anilines is 2. The van der Waals surface area contributed by atoms with E-state index in [1.54, 1.807) is 0 Å². The van der Waals surface area contributed by atoms with Crippen molar-refractivity contribution in [3.8, 4) is 22.3 Å². The Kier molecular flexibility index (Phi) is 7.02. The van der Waals surface area contributed by atoms with Crippen LogP contribution in [-0.4, -0.2) is 26.2 Å². The van der Waals surface area contributed by atoms with Gasteiger partial charge >= 0.3 is 0 Å². The molecule has 2 aliphatic rings. The van der Waals surface area contributed by atoms with Gasteiger partial charge in [-0.3, -0.25) is 0 Å². The largest absolute Gasteiger partial charge is 0.372 e. The summed E-state index contributed by atoms with van der Waals surface area (Å²) in [6, 6.07) is 37.5. The predicted octanol–water partition coefficient (Wildman–Crippen LogP) is 11.1. The molecule has 0 spiro atoms. The Morgan fingerprint density at radius 3 is 1.50 bits per heavy atom. The van der Waals surface area contributed by atoms with Crippen molar-refractivity contribution >= 4 is 43.7 Å². The lowest BCUT2D eigenvalue weighted by molar-refractivity contribution is 0.578. The highest BCUT2D eigenvalue weighted by Gasteiger charge is 2.21. The molecule has 0 bridgehead atoms. The summed E-state index contributed by atoms with van der Waals surface area (Å²) in [6.07, 6.45) is 7.80. The minimum Gasteiger partial charge on any atom is -0.372 e. The van der Waals surface area contributed by atoms with Gasteiger partial charge in [-0.15, -0.1) is 0 Å². The van der Waals surface area contributed by atoms with Gasteiger partial charge in [-0.1, -0.05) is 66.7 Å². The number of rotatable bonds is 4. The van der Waals surface area contributed by atoms with E-state index in [0.717, 1.165) is 26.2 Å². The van der Waals surface area contributed by atoms with E-state index in [1.165, 1.54) is 116 Å². The highest BCUT2D eigenvalue weighted by atomic mass is 15.1. The van der Waals surface area contributed by atoms with Gasteiger partial charge in [-0.25, -0.2) is 0 Å². The van der Waals surface area contributed by atoms with Gasteiger partial charge in [0.15, 0.2) is 0 Å². The van der Waals surface area contributed by atoms with Gasteiger partial charge in [-0.05, 0) is 148 Å². The third-order valence-electron chi connectivity index (χ3n) is 10.4. The molecule has 220 valence electrons. The van der Waals surface area contributed by atoms with E-state index in [0.29, 0.717) is 0 Å². The van der Waals surface area contributed by atoms with E-state index < -0.39 is 0 Å². The van der Waals surface area contributed by atoms with Crippen molar-refractivity contribution in [2.24, 2.45) is 0 Å². The van der Waals surface area contributed by atoms with Crippen LogP contribution in [0, 0.1) is 13.8 Å². The maximum Gasteiger partial charge on any atom is 0.0372 e. The molecule has 0 N–H and O–H groups in total. The summed E-state index contributed by atoms with van der Waals surface area (Å²) < 4.78 is 0. The van der Waals surface area contributed by atoms with Gasteiger partial charge < -0.3 is 9.80 Å². The second kappa shape index (κ2) is 11.3. The lowest BCUT2D eigenvalue weighted by Crippen LogP contribution is -2.29. The van der Waals surface area contributed by atoms with Crippen molar-refractivity contribution in [3.05, 3.63) is 108 Å². The first-order chi connectivity index (χ1) is 21.6. The van der Waals surface area contributed by atoms with Crippen LogP contribution < -0.4 is 9.80 Å². The van der Waals surface area contributed by atoms with Crippen LogP contribution in [0.1, 0.15) is 49.7 Å². The number of piperidine rings is 2. The first kappa shape index (κ1) is 27.3. The van der Waals surface area contributed by atoms with E-state index in [2.05, 4.69) is 121 Å². The molecule has 2 heteroatoms. The van der Waals surface area contributed by atoms with Crippen LogP contribution in [0.15, 0.2) is 97.1 Å². The summed E-state index contributed by atoms with van der Waals surface area (Å²) in [5, 5.41) is 7.99. The molecule has 0 unspecified atom stereocenters. The van der Waals surface area contributed by atoms with Gasteiger partial charge in [0.1, 0.15) is 0 Å². The smallest absolute Gasteiger partial charge is 0.0372 e. The fraction of sp³-hybridized carbons (Fsp3) is 0.286. The van der Waals surface area contributed by atoms with E-state index in [1.807, 2.05) is 0 Å². The fourth-order valence-electron chi connectivity index (χ4n) is 7.77. The molecule has 0 radical (unpaired) electrons. The molecule has 6 aromatic carbocycles. The molecule has 2 aliphatic heterocycles. The zero-order valence-corrected chi connectivity index (χ0v) is 26.2. The Hall–Kier alpha value is -4.30. The SMILES string of the molecule is Cc1ccc(-c2c3ccc(N4CCCCC4)cc3c(-c3ccc4ccccc4c3)c3ccc(N4CCCCC4)cc23)cc1C. The average molecular weight is 575 g/mol. The summed E-state index contributed by atoms with van der Waals surface area (Å²) in [5.41, 5.74) is 10.7. The molecule has 2 fully saturated rings. The number of benzene rings is 6. The summed E-state index contributed by atoms with van der Waals surface area (Å²) in [4.78, 5) is 5.21. The molecule has 0 saturated carbocycles. The second-order valence-electron chi connectivity index (χ2n) is 13.2. The highest BCUT2D eigenvalue weighted by Crippen LogP contribution is 2.46. The maximum absolute atomic E-state index is 2.60. The lowest BCUT2D eigenvalue weighted by Gasteiger charge is -2.30. The van der Waals surface area contributed by atoms with Crippen LogP contribution in [0.4, 0.5) is 11.4 Å². The molecule has 8 rings (SSSR count). The van der Waals surface area contributed by atoms with Gasteiger partial charge in [0.05, 0.1) is 0 Å². The molecule has 0 atom stereocenters. The molecule has 0 aromatic heterocycles. The zero-order chi connectivity index (χ0) is 29.6. The average Bonchev–Trinajstić information content (AvgIpc) is 3.08. The normalized spacial score (nSPS) is 15.9. The predicted molar refractivity (Wildman–Crippen MR) is 191 cm³/mol. The molecule has 44 heavy (non-hydrogen) atoms. The molecule has 2 heterocycles. The van der Waals surface area contributed by atoms with Crippen LogP contribution in [-0.2, 0) is 0 Å². The lowest BCUT2D eigenvalue weighted by atomic mass is 9.84. The Bertz CT molecular complexity index is 2010. The van der Waals surface area contributed by atoms with Crippen molar-refractivity contribution in [3.63, 3.8) is 0 Å². The van der Waals surface area contributed by atoms with Crippen LogP contribution in [0.2, 0.25) is 0 Å². The van der Waals surface area contributed by atoms with Crippen molar-refractivity contribution in [2.75, 3.05) is 36.0 Å². The first-order valence-corrected chi connectivity index (χ1v) is 16.7. The summed E-state index contributed by atoms with van der Waals surface area (Å²) in [6.45, 7) is 9.06. The summed E-state index contributed by atoms with van der Waals surface area (Å²) >= 11 is 0. The molecule has 0 amide bonds. The highest BCUT2D eigenvalue weighted by molar-refractivity contribution is 6.22. The van der Waals surface area contributed by atoms with Crippen molar-refractivity contribution in [1.29, 1.82) is 0 Å².